The highest BCUT2D eigenvalue weighted by atomic mass is 16.5. The Morgan fingerprint density at radius 1 is 1.06 bits per heavy atom. The molecule has 2 aromatic carbocycles. The fourth-order valence-electron chi connectivity index (χ4n) is 4.16. The maximum atomic E-state index is 12.6. The molecule has 0 saturated carbocycles. The highest BCUT2D eigenvalue weighted by Gasteiger charge is 2.29. The molecule has 176 valence electrons. The lowest BCUT2D eigenvalue weighted by molar-refractivity contribution is -0.143. The van der Waals surface area contributed by atoms with Gasteiger partial charge < -0.3 is 24.8 Å². The van der Waals surface area contributed by atoms with Crippen molar-refractivity contribution in [1.82, 2.24) is 10.2 Å². The van der Waals surface area contributed by atoms with Gasteiger partial charge in [0.05, 0.1) is 6.42 Å². The predicted molar refractivity (Wildman–Crippen MR) is 123 cm³/mol. The highest BCUT2D eigenvalue weighted by molar-refractivity contribution is 5.81. The van der Waals surface area contributed by atoms with Gasteiger partial charge in [0.1, 0.15) is 12.7 Å². The van der Waals surface area contributed by atoms with Crippen molar-refractivity contribution < 1.29 is 29.0 Å². The first kappa shape index (κ1) is 24.3. The standard InChI is InChI=1S/C25H30N2O6/c1-3-27(15-13-23(28)29)24(30)22(32-2)12-14-26-25(31)33-16-21-19-10-6-4-8-17(19)18-9-5-7-11-20(18)21/h4-11,21-22H,3,12-16H2,1-2H3,(H,26,31)(H,28,29). The lowest BCUT2D eigenvalue weighted by Gasteiger charge is -2.25. The van der Waals surface area contributed by atoms with Crippen LogP contribution in [0.25, 0.3) is 11.1 Å². The molecule has 8 heteroatoms. The van der Waals surface area contributed by atoms with E-state index in [9.17, 15) is 14.4 Å². The maximum Gasteiger partial charge on any atom is 0.407 e. The van der Waals surface area contributed by atoms with E-state index in [0.717, 1.165) is 22.3 Å². The van der Waals surface area contributed by atoms with Crippen LogP contribution in [0, 0.1) is 0 Å². The zero-order valence-electron chi connectivity index (χ0n) is 19.0. The van der Waals surface area contributed by atoms with Gasteiger partial charge >= 0.3 is 12.1 Å². The van der Waals surface area contributed by atoms with Crippen LogP contribution in [0.5, 0.6) is 0 Å². The van der Waals surface area contributed by atoms with Crippen LogP contribution < -0.4 is 5.32 Å². The number of aliphatic carboxylic acids is 1. The molecule has 0 aromatic heterocycles. The first-order valence-corrected chi connectivity index (χ1v) is 11.1. The number of likely N-dealkylation sites (N-methyl/N-ethyl adjacent to an activating group) is 1. The molecular formula is C25H30N2O6. The van der Waals surface area contributed by atoms with Gasteiger partial charge in [-0.3, -0.25) is 9.59 Å². The summed E-state index contributed by atoms with van der Waals surface area (Å²) in [4.78, 5) is 37.1. The fraction of sp³-hybridized carbons (Fsp3) is 0.400. The third-order valence-corrected chi connectivity index (χ3v) is 5.87. The fourth-order valence-corrected chi connectivity index (χ4v) is 4.16. The first-order valence-electron chi connectivity index (χ1n) is 11.1. The second kappa shape index (κ2) is 11.5. The van der Waals surface area contributed by atoms with E-state index in [4.69, 9.17) is 14.6 Å². The molecule has 8 nitrogen and oxygen atoms in total. The zero-order chi connectivity index (χ0) is 23.8. The summed E-state index contributed by atoms with van der Waals surface area (Å²) < 4.78 is 10.8. The Morgan fingerprint density at radius 3 is 2.21 bits per heavy atom. The summed E-state index contributed by atoms with van der Waals surface area (Å²) in [7, 11) is 1.42. The molecule has 3 rings (SSSR count). The van der Waals surface area contributed by atoms with Gasteiger partial charge in [0.15, 0.2) is 0 Å². The number of hydrogen-bond acceptors (Lipinski definition) is 5. The van der Waals surface area contributed by atoms with Crippen molar-refractivity contribution >= 4 is 18.0 Å². The number of ether oxygens (including phenoxy) is 2. The van der Waals surface area contributed by atoms with Crippen LogP contribution in [0.1, 0.15) is 36.8 Å². The van der Waals surface area contributed by atoms with Crippen molar-refractivity contribution in [2.45, 2.75) is 31.8 Å². The van der Waals surface area contributed by atoms with Crippen LogP contribution in [0.3, 0.4) is 0 Å². The van der Waals surface area contributed by atoms with E-state index >= 15 is 0 Å². The molecule has 0 radical (unpaired) electrons. The maximum absolute atomic E-state index is 12.6. The van der Waals surface area contributed by atoms with Crippen LogP contribution in [0.15, 0.2) is 48.5 Å². The van der Waals surface area contributed by atoms with Gasteiger partial charge in [-0.25, -0.2) is 4.79 Å². The molecule has 1 aliphatic rings. The van der Waals surface area contributed by atoms with Gasteiger partial charge in [0, 0.05) is 39.1 Å². The molecule has 0 aliphatic heterocycles. The van der Waals surface area contributed by atoms with E-state index < -0.39 is 18.2 Å². The first-order chi connectivity index (χ1) is 16.0. The number of hydrogen-bond donors (Lipinski definition) is 2. The lowest BCUT2D eigenvalue weighted by Crippen LogP contribution is -2.42. The number of carboxylic acids is 1. The van der Waals surface area contributed by atoms with E-state index in [0.29, 0.717) is 6.54 Å². The molecule has 1 atom stereocenters. The molecule has 33 heavy (non-hydrogen) atoms. The largest absolute Gasteiger partial charge is 0.481 e. The normalized spacial score (nSPS) is 13.0. The van der Waals surface area contributed by atoms with Gasteiger partial charge in [-0.1, -0.05) is 48.5 Å². The number of alkyl carbamates (subject to hydrolysis) is 1. The minimum Gasteiger partial charge on any atom is -0.481 e. The van der Waals surface area contributed by atoms with Gasteiger partial charge in [-0.05, 0) is 29.2 Å². The monoisotopic (exact) mass is 454 g/mol. The second-order valence-electron chi connectivity index (χ2n) is 7.83. The molecule has 2 aromatic rings. The Morgan fingerprint density at radius 2 is 1.67 bits per heavy atom. The smallest absolute Gasteiger partial charge is 0.407 e. The summed E-state index contributed by atoms with van der Waals surface area (Å²) >= 11 is 0. The summed E-state index contributed by atoms with van der Waals surface area (Å²) in [5, 5.41) is 11.5. The van der Waals surface area contributed by atoms with Gasteiger partial charge in [-0.15, -0.1) is 0 Å². The SMILES string of the molecule is CCN(CCC(=O)O)C(=O)C(CCNC(=O)OCC1c2ccccc2-c2ccccc21)OC. The van der Waals surface area contributed by atoms with Crippen LogP contribution in [0.2, 0.25) is 0 Å². The molecule has 0 spiro atoms. The van der Waals surface area contributed by atoms with E-state index in [1.165, 1.54) is 12.0 Å². The summed E-state index contributed by atoms with van der Waals surface area (Å²) in [6.07, 6.45) is -1.21. The molecule has 1 unspecified atom stereocenters. The molecule has 1 aliphatic carbocycles. The van der Waals surface area contributed by atoms with Crippen molar-refractivity contribution in [3.8, 4) is 11.1 Å². The van der Waals surface area contributed by atoms with Gasteiger partial charge in [0.25, 0.3) is 5.91 Å². The number of benzene rings is 2. The lowest BCUT2D eigenvalue weighted by atomic mass is 9.98. The molecular weight excluding hydrogens is 424 g/mol. The molecule has 2 N–H and O–H groups in total. The average Bonchev–Trinajstić information content (AvgIpc) is 3.14. The van der Waals surface area contributed by atoms with Crippen molar-refractivity contribution in [2.75, 3.05) is 33.4 Å². The van der Waals surface area contributed by atoms with E-state index in [1.807, 2.05) is 24.3 Å². The molecule has 0 heterocycles. The minimum atomic E-state index is -0.966. The number of nitrogens with one attached hydrogen (secondary N) is 1. The van der Waals surface area contributed by atoms with Crippen molar-refractivity contribution in [3.63, 3.8) is 0 Å². The molecule has 2 amide bonds. The Balaban J connectivity index is 1.49. The van der Waals surface area contributed by atoms with Crippen LogP contribution in [-0.4, -0.2) is 67.4 Å². The van der Waals surface area contributed by atoms with Gasteiger partial charge in [0.2, 0.25) is 0 Å². The van der Waals surface area contributed by atoms with Crippen LogP contribution >= 0.6 is 0 Å². The Hall–Kier alpha value is -3.39. The number of nitrogens with zero attached hydrogens (tertiary/aromatic N) is 1. The Kier molecular flexibility index (Phi) is 8.43. The third kappa shape index (κ3) is 5.90. The number of carboxylic acid groups (broad SMARTS) is 1. The van der Waals surface area contributed by atoms with Crippen LogP contribution in [-0.2, 0) is 19.1 Å². The summed E-state index contributed by atoms with van der Waals surface area (Å²) in [5.74, 6) is -1.29. The summed E-state index contributed by atoms with van der Waals surface area (Å²) in [6.45, 7) is 2.68. The number of amides is 2. The summed E-state index contributed by atoms with van der Waals surface area (Å²) in [6, 6.07) is 16.2. The Labute approximate surface area is 193 Å². The number of carbonyl (C=O) groups excluding carboxylic acids is 2. The topological polar surface area (TPSA) is 105 Å². The van der Waals surface area contributed by atoms with E-state index in [2.05, 4.69) is 29.6 Å². The highest BCUT2D eigenvalue weighted by Crippen LogP contribution is 2.44. The number of rotatable bonds is 11. The number of carbonyl (C=O) groups is 3. The second-order valence-corrected chi connectivity index (χ2v) is 7.83. The van der Waals surface area contributed by atoms with Crippen molar-refractivity contribution in [1.29, 1.82) is 0 Å². The minimum absolute atomic E-state index is 0.0243. The molecule has 0 bridgehead atoms. The molecule has 0 saturated heterocycles. The van der Waals surface area contributed by atoms with E-state index in [1.54, 1.807) is 6.92 Å². The van der Waals surface area contributed by atoms with Crippen molar-refractivity contribution in [2.24, 2.45) is 0 Å². The zero-order valence-corrected chi connectivity index (χ0v) is 19.0. The quantitative estimate of drug-likeness (QED) is 0.540. The van der Waals surface area contributed by atoms with Crippen molar-refractivity contribution in [3.05, 3.63) is 59.7 Å². The Bertz CT molecular complexity index is 947. The average molecular weight is 455 g/mol. The van der Waals surface area contributed by atoms with Gasteiger partial charge in [-0.2, -0.15) is 0 Å². The van der Waals surface area contributed by atoms with E-state index in [-0.39, 0.29) is 44.4 Å². The summed E-state index contributed by atoms with van der Waals surface area (Å²) in [5.41, 5.74) is 4.59. The number of methoxy groups -OCH3 is 1. The van der Waals surface area contributed by atoms with Crippen LogP contribution in [0.4, 0.5) is 4.79 Å². The third-order valence-electron chi connectivity index (χ3n) is 5.87. The molecule has 0 fully saturated rings. The number of fused-ring (bicyclic) bond motifs is 3. The predicted octanol–water partition coefficient (Wildman–Crippen LogP) is 3.25.